The fraction of sp³-hybridized carbons (Fsp3) is 0.368. The maximum absolute atomic E-state index is 2.54. The second-order valence-corrected chi connectivity index (χ2v) is 5.94. The predicted octanol–water partition coefficient (Wildman–Crippen LogP) is 4.22. The Hall–Kier alpha value is -1.76. The van der Waals surface area contributed by atoms with Crippen molar-refractivity contribution >= 4 is 5.69 Å². The summed E-state index contributed by atoms with van der Waals surface area (Å²) in [6.45, 7) is 4.55. The summed E-state index contributed by atoms with van der Waals surface area (Å²) in [6.07, 6.45) is 5.03. The summed E-state index contributed by atoms with van der Waals surface area (Å²) in [4.78, 5) is 2.54. The van der Waals surface area contributed by atoms with Gasteiger partial charge in [-0.1, -0.05) is 36.4 Å². The van der Waals surface area contributed by atoms with E-state index in [1.54, 1.807) is 11.1 Å². The molecule has 1 heterocycles. The summed E-state index contributed by atoms with van der Waals surface area (Å²) < 4.78 is 0. The topological polar surface area (TPSA) is 3.24 Å². The Morgan fingerprint density at radius 1 is 0.900 bits per heavy atom. The molecule has 1 heteroatoms. The van der Waals surface area contributed by atoms with Crippen molar-refractivity contribution in [1.29, 1.82) is 0 Å². The van der Waals surface area contributed by atoms with Crippen LogP contribution in [-0.2, 0) is 19.3 Å². The second-order valence-electron chi connectivity index (χ2n) is 5.94. The van der Waals surface area contributed by atoms with Crippen LogP contribution in [0.4, 0.5) is 5.69 Å². The van der Waals surface area contributed by atoms with Gasteiger partial charge < -0.3 is 4.90 Å². The highest BCUT2D eigenvalue weighted by Gasteiger charge is 2.24. The molecule has 1 aliphatic heterocycles. The third-order valence-electron chi connectivity index (χ3n) is 4.90. The fourth-order valence-electron chi connectivity index (χ4n) is 3.94. The standard InChI is InChI=1S/C19H21N/c1-2-20-13-12-15-8-5-11-18(19(15)20)17-10-4-7-14-6-3-9-16(14)17/h4-5,7-8,10-11H,2-3,6,9,12-13H2,1H3. The monoisotopic (exact) mass is 263 g/mol. The highest BCUT2D eigenvalue weighted by Crippen LogP contribution is 2.41. The maximum Gasteiger partial charge on any atom is 0.0479 e. The van der Waals surface area contributed by atoms with E-state index in [0.29, 0.717) is 0 Å². The zero-order valence-corrected chi connectivity index (χ0v) is 12.2. The Balaban J connectivity index is 1.93. The predicted molar refractivity (Wildman–Crippen MR) is 85.5 cm³/mol. The molecule has 0 fully saturated rings. The summed E-state index contributed by atoms with van der Waals surface area (Å²) in [5.41, 5.74) is 9.14. The summed E-state index contributed by atoms with van der Waals surface area (Å²) >= 11 is 0. The number of aryl methyl sites for hydroxylation is 1. The van der Waals surface area contributed by atoms with Crippen LogP contribution in [0.1, 0.15) is 30.0 Å². The maximum atomic E-state index is 2.54. The van der Waals surface area contributed by atoms with Crippen LogP contribution in [0.2, 0.25) is 0 Å². The Labute approximate surface area is 121 Å². The smallest absolute Gasteiger partial charge is 0.0479 e. The van der Waals surface area contributed by atoms with E-state index < -0.39 is 0 Å². The average molecular weight is 263 g/mol. The van der Waals surface area contributed by atoms with Gasteiger partial charge in [0.05, 0.1) is 0 Å². The van der Waals surface area contributed by atoms with Gasteiger partial charge in [0, 0.05) is 24.3 Å². The van der Waals surface area contributed by atoms with Gasteiger partial charge in [0.1, 0.15) is 0 Å². The van der Waals surface area contributed by atoms with E-state index in [2.05, 4.69) is 48.2 Å². The molecular formula is C19H21N. The van der Waals surface area contributed by atoms with Crippen LogP contribution >= 0.6 is 0 Å². The van der Waals surface area contributed by atoms with Crippen molar-refractivity contribution in [3.8, 4) is 11.1 Å². The average Bonchev–Trinajstić information content (AvgIpc) is 3.12. The molecule has 2 aliphatic rings. The van der Waals surface area contributed by atoms with Gasteiger partial charge in [-0.3, -0.25) is 0 Å². The summed E-state index contributed by atoms with van der Waals surface area (Å²) in [5.74, 6) is 0. The van der Waals surface area contributed by atoms with E-state index in [-0.39, 0.29) is 0 Å². The minimum Gasteiger partial charge on any atom is -0.371 e. The van der Waals surface area contributed by atoms with Crippen LogP contribution in [0.5, 0.6) is 0 Å². The third-order valence-corrected chi connectivity index (χ3v) is 4.90. The molecule has 20 heavy (non-hydrogen) atoms. The van der Waals surface area contributed by atoms with E-state index in [4.69, 9.17) is 0 Å². The minimum absolute atomic E-state index is 1.11. The number of likely N-dealkylation sites (N-methyl/N-ethyl adjacent to an activating group) is 1. The van der Waals surface area contributed by atoms with Gasteiger partial charge in [0.15, 0.2) is 0 Å². The molecule has 2 aromatic rings. The molecule has 0 amide bonds. The molecule has 0 atom stereocenters. The van der Waals surface area contributed by atoms with Crippen molar-refractivity contribution in [2.75, 3.05) is 18.0 Å². The van der Waals surface area contributed by atoms with Crippen LogP contribution in [0.3, 0.4) is 0 Å². The molecule has 1 aliphatic carbocycles. The first-order chi connectivity index (χ1) is 9.88. The van der Waals surface area contributed by atoms with E-state index in [9.17, 15) is 0 Å². The van der Waals surface area contributed by atoms with Crippen LogP contribution < -0.4 is 4.90 Å². The van der Waals surface area contributed by atoms with Crippen molar-refractivity contribution < 1.29 is 0 Å². The summed E-state index contributed by atoms with van der Waals surface area (Å²) in [7, 11) is 0. The Kier molecular flexibility index (Phi) is 2.80. The van der Waals surface area contributed by atoms with Gasteiger partial charge in [-0.25, -0.2) is 0 Å². The Bertz CT molecular complexity index is 657. The Morgan fingerprint density at radius 2 is 1.70 bits per heavy atom. The lowest BCUT2D eigenvalue weighted by Crippen LogP contribution is -2.19. The zero-order chi connectivity index (χ0) is 13.5. The molecule has 0 N–H and O–H groups in total. The number of para-hydroxylation sites is 1. The zero-order valence-electron chi connectivity index (χ0n) is 12.2. The van der Waals surface area contributed by atoms with Crippen LogP contribution in [0, 0.1) is 0 Å². The van der Waals surface area contributed by atoms with E-state index in [0.717, 1.165) is 6.54 Å². The van der Waals surface area contributed by atoms with E-state index >= 15 is 0 Å². The molecule has 2 aromatic carbocycles. The SMILES string of the molecule is CCN1CCc2cccc(-c3cccc4c3CCC4)c21. The van der Waals surface area contributed by atoms with E-state index in [1.165, 1.54) is 54.6 Å². The molecule has 1 nitrogen and oxygen atoms in total. The molecule has 4 rings (SSSR count). The van der Waals surface area contributed by atoms with Crippen LogP contribution in [-0.4, -0.2) is 13.1 Å². The second kappa shape index (κ2) is 4.66. The minimum atomic E-state index is 1.11. The highest BCUT2D eigenvalue weighted by atomic mass is 15.1. The lowest BCUT2D eigenvalue weighted by atomic mass is 9.94. The highest BCUT2D eigenvalue weighted by molar-refractivity contribution is 5.85. The molecule has 0 aromatic heterocycles. The van der Waals surface area contributed by atoms with Crippen molar-refractivity contribution in [3.63, 3.8) is 0 Å². The molecule has 0 bridgehead atoms. The summed E-state index contributed by atoms with van der Waals surface area (Å²) in [6, 6.07) is 13.7. The Morgan fingerprint density at radius 3 is 2.55 bits per heavy atom. The molecule has 0 saturated heterocycles. The van der Waals surface area contributed by atoms with Crippen LogP contribution in [0.15, 0.2) is 36.4 Å². The summed E-state index contributed by atoms with van der Waals surface area (Å²) in [5, 5.41) is 0. The third kappa shape index (κ3) is 1.69. The fourth-order valence-corrected chi connectivity index (χ4v) is 3.94. The van der Waals surface area contributed by atoms with Gasteiger partial charge in [0.25, 0.3) is 0 Å². The van der Waals surface area contributed by atoms with Crippen molar-refractivity contribution in [2.24, 2.45) is 0 Å². The number of hydrogen-bond donors (Lipinski definition) is 0. The normalized spacial score (nSPS) is 16.4. The first kappa shape index (κ1) is 12.0. The van der Waals surface area contributed by atoms with Gasteiger partial charge in [-0.2, -0.15) is 0 Å². The first-order valence-electron chi connectivity index (χ1n) is 7.86. The number of hydrogen-bond acceptors (Lipinski definition) is 1. The molecule has 0 radical (unpaired) electrons. The largest absolute Gasteiger partial charge is 0.371 e. The molecule has 0 unspecified atom stereocenters. The number of fused-ring (bicyclic) bond motifs is 2. The molecule has 0 saturated carbocycles. The molecule has 0 spiro atoms. The number of nitrogens with zero attached hydrogens (tertiary/aromatic N) is 1. The quantitative estimate of drug-likeness (QED) is 0.784. The lowest BCUT2D eigenvalue weighted by Gasteiger charge is -2.21. The van der Waals surface area contributed by atoms with Gasteiger partial charge in [0.2, 0.25) is 0 Å². The molecule has 102 valence electrons. The van der Waals surface area contributed by atoms with Crippen molar-refractivity contribution in [3.05, 3.63) is 53.1 Å². The number of rotatable bonds is 2. The number of benzene rings is 2. The van der Waals surface area contributed by atoms with E-state index in [1.807, 2.05) is 0 Å². The van der Waals surface area contributed by atoms with Gasteiger partial charge >= 0.3 is 0 Å². The van der Waals surface area contributed by atoms with Gasteiger partial charge in [-0.05, 0) is 54.9 Å². The first-order valence-corrected chi connectivity index (χ1v) is 7.86. The molecular weight excluding hydrogens is 242 g/mol. The van der Waals surface area contributed by atoms with Crippen LogP contribution in [0.25, 0.3) is 11.1 Å². The van der Waals surface area contributed by atoms with Crippen molar-refractivity contribution in [2.45, 2.75) is 32.6 Å². The lowest BCUT2D eigenvalue weighted by molar-refractivity contribution is 0.868. The van der Waals surface area contributed by atoms with Gasteiger partial charge in [-0.15, -0.1) is 0 Å². The number of anilines is 1. The van der Waals surface area contributed by atoms with Crippen molar-refractivity contribution in [1.82, 2.24) is 0 Å².